The van der Waals surface area contributed by atoms with E-state index in [1.807, 2.05) is 23.1 Å². The fourth-order valence-electron chi connectivity index (χ4n) is 4.03. The van der Waals surface area contributed by atoms with Crippen LogP contribution in [-0.2, 0) is 0 Å². The van der Waals surface area contributed by atoms with Gasteiger partial charge in [-0.15, -0.1) is 0 Å². The predicted molar refractivity (Wildman–Crippen MR) is 93.6 cm³/mol. The zero-order valence-electron chi connectivity index (χ0n) is 14.9. The minimum atomic E-state index is 0.0640. The largest absolute Gasteiger partial charge is 0.497 e. The van der Waals surface area contributed by atoms with Gasteiger partial charge in [0.05, 0.1) is 20.3 Å². The molecular formula is C19H28N2O3. The Kier molecular flexibility index (Phi) is 5.17. The summed E-state index contributed by atoms with van der Waals surface area (Å²) in [6.45, 7) is 3.03. The lowest BCUT2D eigenvalue weighted by Gasteiger charge is -2.29. The van der Waals surface area contributed by atoms with E-state index in [0.29, 0.717) is 12.0 Å². The molecule has 0 aromatic heterocycles. The predicted octanol–water partition coefficient (Wildman–Crippen LogP) is 3.74. The lowest BCUT2D eigenvalue weighted by molar-refractivity contribution is 0.185. The highest BCUT2D eigenvalue weighted by molar-refractivity contribution is 5.75. The Hall–Kier alpha value is -1.91. The standard InChI is InChI=1S/C19H28N2O3/c1-13-6-4-7-16(13)20-19(22)21-11-5-8-17(21)15-10-9-14(23-2)12-18(15)24-3/h9-10,12-13,16-17H,4-8,11H2,1-3H3,(H,20,22). The van der Waals surface area contributed by atoms with Gasteiger partial charge in [-0.1, -0.05) is 13.3 Å². The molecule has 0 spiro atoms. The van der Waals surface area contributed by atoms with Crippen LogP contribution in [0.1, 0.15) is 50.6 Å². The first-order valence-electron chi connectivity index (χ1n) is 8.93. The molecule has 1 aromatic rings. The average molecular weight is 332 g/mol. The molecule has 1 saturated heterocycles. The molecule has 1 N–H and O–H groups in total. The van der Waals surface area contributed by atoms with E-state index in [0.717, 1.165) is 42.9 Å². The van der Waals surface area contributed by atoms with Crippen molar-refractivity contribution in [2.24, 2.45) is 5.92 Å². The number of nitrogens with one attached hydrogen (secondary N) is 1. The van der Waals surface area contributed by atoms with Gasteiger partial charge in [0.25, 0.3) is 0 Å². The van der Waals surface area contributed by atoms with Crippen LogP contribution >= 0.6 is 0 Å². The number of amides is 2. The van der Waals surface area contributed by atoms with Gasteiger partial charge >= 0.3 is 6.03 Å². The van der Waals surface area contributed by atoms with Crippen LogP contribution in [0.2, 0.25) is 0 Å². The Morgan fingerprint density at radius 3 is 2.67 bits per heavy atom. The van der Waals surface area contributed by atoms with E-state index >= 15 is 0 Å². The molecule has 0 bridgehead atoms. The molecule has 2 amide bonds. The molecule has 5 heteroatoms. The fraction of sp³-hybridized carbons (Fsp3) is 0.632. The first kappa shape index (κ1) is 16.9. The van der Waals surface area contributed by atoms with Crippen molar-refractivity contribution in [3.8, 4) is 11.5 Å². The molecule has 5 nitrogen and oxygen atoms in total. The van der Waals surface area contributed by atoms with Gasteiger partial charge in [0.15, 0.2) is 0 Å². The van der Waals surface area contributed by atoms with Gasteiger partial charge in [-0.25, -0.2) is 4.79 Å². The number of hydrogen-bond donors (Lipinski definition) is 1. The smallest absolute Gasteiger partial charge is 0.318 e. The fourth-order valence-corrected chi connectivity index (χ4v) is 4.03. The third kappa shape index (κ3) is 3.30. The summed E-state index contributed by atoms with van der Waals surface area (Å²) in [5, 5.41) is 3.25. The SMILES string of the molecule is COc1ccc(C2CCCN2C(=O)NC2CCCC2C)c(OC)c1. The van der Waals surface area contributed by atoms with Crippen molar-refractivity contribution in [1.29, 1.82) is 0 Å². The lowest BCUT2D eigenvalue weighted by Crippen LogP contribution is -2.45. The summed E-state index contributed by atoms with van der Waals surface area (Å²) in [6, 6.07) is 6.30. The van der Waals surface area contributed by atoms with Crippen LogP contribution in [0, 0.1) is 5.92 Å². The summed E-state index contributed by atoms with van der Waals surface area (Å²) >= 11 is 0. The molecule has 1 saturated carbocycles. The summed E-state index contributed by atoms with van der Waals surface area (Å²) in [5.41, 5.74) is 1.06. The van der Waals surface area contributed by atoms with Crippen LogP contribution in [0.5, 0.6) is 11.5 Å². The molecule has 3 unspecified atom stereocenters. The third-order valence-corrected chi connectivity index (χ3v) is 5.48. The van der Waals surface area contributed by atoms with Gasteiger partial charge in [-0.05, 0) is 43.7 Å². The minimum Gasteiger partial charge on any atom is -0.497 e. The number of carbonyl (C=O) groups is 1. The number of methoxy groups -OCH3 is 2. The molecule has 132 valence electrons. The summed E-state index contributed by atoms with van der Waals surface area (Å²) in [4.78, 5) is 14.8. The van der Waals surface area contributed by atoms with Crippen LogP contribution in [0.15, 0.2) is 18.2 Å². The Morgan fingerprint density at radius 1 is 1.17 bits per heavy atom. The third-order valence-electron chi connectivity index (χ3n) is 5.48. The average Bonchev–Trinajstić information content (AvgIpc) is 3.23. The van der Waals surface area contributed by atoms with Gasteiger partial charge in [0, 0.05) is 24.2 Å². The number of ether oxygens (including phenoxy) is 2. The van der Waals surface area contributed by atoms with Gasteiger partial charge < -0.3 is 19.7 Å². The Bertz CT molecular complexity index is 590. The maximum Gasteiger partial charge on any atom is 0.318 e. The van der Waals surface area contributed by atoms with E-state index in [4.69, 9.17) is 9.47 Å². The summed E-state index contributed by atoms with van der Waals surface area (Å²) in [6.07, 6.45) is 5.50. The van der Waals surface area contributed by atoms with Crippen molar-refractivity contribution in [1.82, 2.24) is 10.2 Å². The highest BCUT2D eigenvalue weighted by Gasteiger charge is 2.34. The number of likely N-dealkylation sites (tertiary alicyclic amines) is 1. The van der Waals surface area contributed by atoms with Gasteiger partial charge in [0.2, 0.25) is 0 Å². The van der Waals surface area contributed by atoms with Crippen molar-refractivity contribution in [2.75, 3.05) is 20.8 Å². The molecule has 2 fully saturated rings. The van der Waals surface area contributed by atoms with Crippen LogP contribution in [0.3, 0.4) is 0 Å². The lowest BCUT2D eigenvalue weighted by atomic mass is 10.0. The van der Waals surface area contributed by atoms with Crippen molar-refractivity contribution in [3.63, 3.8) is 0 Å². The Morgan fingerprint density at radius 2 is 2.00 bits per heavy atom. The molecule has 2 aliphatic rings. The number of hydrogen-bond acceptors (Lipinski definition) is 3. The highest BCUT2D eigenvalue weighted by Crippen LogP contribution is 2.39. The van der Waals surface area contributed by atoms with Gasteiger partial charge in [-0.3, -0.25) is 0 Å². The molecule has 1 aliphatic carbocycles. The van der Waals surface area contributed by atoms with Crippen LogP contribution in [0.25, 0.3) is 0 Å². The Balaban J connectivity index is 1.76. The minimum absolute atomic E-state index is 0.0640. The van der Waals surface area contributed by atoms with Crippen LogP contribution < -0.4 is 14.8 Å². The number of benzene rings is 1. The second-order valence-corrected chi connectivity index (χ2v) is 6.92. The molecule has 0 radical (unpaired) electrons. The van der Waals surface area contributed by atoms with Crippen molar-refractivity contribution >= 4 is 6.03 Å². The second-order valence-electron chi connectivity index (χ2n) is 6.92. The summed E-state index contributed by atoms with van der Waals surface area (Å²) in [7, 11) is 3.31. The highest BCUT2D eigenvalue weighted by atomic mass is 16.5. The van der Waals surface area contributed by atoms with E-state index in [1.165, 1.54) is 12.8 Å². The quantitative estimate of drug-likeness (QED) is 0.914. The van der Waals surface area contributed by atoms with E-state index < -0.39 is 0 Å². The number of rotatable bonds is 4. The molecule has 24 heavy (non-hydrogen) atoms. The van der Waals surface area contributed by atoms with Crippen LogP contribution in [-0.4, -0.2) is 37.7 Å². The van der Waals surface area contributed by atoms with E-state index in [1.54, 1.807) is 14.2 Å². The normalized spacial score (nSPS) is 26.5. The van der Waals surface area contributed by atoms with Gasteiger partial charge in [0.1, 0.15) is 11.5 Å². The monoisotopic (exact) mass is 332 g/mol. The Labute approximate surface area is 144 Å². The molecular weight excluding hydrogens is 304 g/mol. The molecule has 1 aliphatic heterocycles. The van der Waals surface area contributed by atoms with Crippen molar-refractivity contribution < 1.29 is 14.3 Å². The van der Waals surface area contributed by atoms with Gasteiger partial charge in [-0.2, -0.15) is 0 Å². The van der Waals surface area contributed by atoms with Crippen LogP contribution in [0.4, 0.5) is 4.79 Å². The van der Waals surface area contributed by atoms with Crippen molar-refractivity contribution in [3.05, 3.63) is 23.8 Å². The summed E-state index contributed by atoms with van der Waals surface area (Å²) in [5.74, 6) is 2.13. The molecule has 3 atom stereocenters. The molecule has 3 rings (SSSR count). The number of nitrogens with zero attached hydrogens (tertiary/aromatic N) is 1. The summed E-state index contributed by atoms with van der Waals surface area (Å²) < 4.78 is 10.8. The number of carbonyl (C=O) groups excluding carboxylic acids is 1. The maximum atomic E-state index is 12.8. The first-order chi connectivity index (χ1) is 11.6. The first-order valence-corrected chi connectivity index (χ1v) is 8.93. The second kappa shape index (κ2) is 7.32. The topological polar surface area (TPSA) is 50.8 Å². The van der Waals surface area contributed by atoms with Crippen molar-refractivity contribution in [2.45, 2.75) is 51.1 Å². The maximum absolute atomic E-state index is 12.8. The van der Waals surface area contributed by atoms with E-state index in [-0.39, 0.29) is 12.1 Å². The zero-order chi connectivity index (χ0) is 17.1. The molecule has 1 aromatic carbocycles. The van der Waals surface area contributed by atoms with E-state index in [2.05, 4.69) is 12.2 Å². The number of urea groups is 1. The zero-order valence-corrected chi connectivity index (χ0v) is 14.9. The molecule has 1 heterocycles. The van der Waals surface area contributed by atoms with E-state index in [9.17, 15) is 4.79 Å².